The molecule has 3 aromatic rings. The standard InChI is InChI=1S/C14H12N2S/c1-15-11-8-6-10(7-9-11)14-16-12-4-2-3-5-13(12)17-14/h2-9,15H,1H3/i1-1. The SMILES string of the molecule is [11CH3]Nc1ccc(-c2nc3ccccc3s2)cc1. The van der Waals surface area contributed by atoms with E-state index in [4.69, 9.17) is 0 Å². The smallest absolute Gasteiger partial charge is 0.124 e. The van der Waals surface area contributed by atoms with Gasteiger partial charge in [-0.15, -0.1) is 11.3 Å². The van der Waals surface area contributed by atoms with Gasteiger partial charge in [0.1, 0.15) is 5.01 Å². The highest BCUT2D eigenvalue weighted by Gasteiger charge is 2.05. The highest BCUT2D eigenvalue weighted by molar-refractivity contribution is 7.21. The summed E-state index contributed by atoms with van der Waals surface area (Å²) in [6.45, 7) is 0. The number of fused-ring (bicyclic) bond motifs is 1. The van der Waals surface area contributed by atoms with Gasteiger partial charge in [0.05, 0.1) is 10.2 Å². The number of nitrogens with zero attached hydrogens (tertiary/aromatic N) is 1. The van der Waals surface area contributed by atoms with Crippen molar-refractivity contribution in [1.82, 2.24) is 4.98 Å². The molecule has 0 unspecified atom stereocenters. The van der Waals surface area contributed by atoms with Gasteiger partial charge < -0.3 is 5.32 Å². The van der Waals surface area contributed by atoms with Gasteiger partial charge in [0.25, 0.3) is 0 Å². The predicted octanol–water partition coefficient (Wildman–Crippen LogP) is 4.01. The van der Waals surface area contributed by atoms with Crippen molar-refractivity contribution < 1.29 is 0 Å². The Morgan fingerprint density at radius 1 is 1.00 bits per heavy atom. The largest absolute Gasteiger partial charge is 0.388 e. The summed E-state index contributed by atoms with van der Waals surface area (Å²) in [6.07, 6.45) is 0. The number of hydrogen-bond donors (Lipinski definition) is 1. The normalized spacial score (nSPS) is 10.6. The second kappa shape index (κ2) is 4.18. The van der Waals surface area contributed by atoms with E-state index in [0.717, 1.165) is 16.2 Å². The van der Waals surface area contributed by atoms with Crippen molar-refractivity contribution in [3.8, 4) is 10.6 Å². The monoisotopic (exact) mass is 239 g/mol. The maximum Gasteiger partial charge on any atom is 0.124 e. The van der Waals surface area contributed by atoms with Crippen LogP contribution in [0.2, 0.25) is 0 Å². The number of aromatic nitrogens is 1. The minimum atomic E-state index is 1.07. The Bertz CT molecular complexity index is 608. The molecule has 3 rings (SSSR count). The van der Waals surface area contributed by atoms with Crippen LogP contribution in [0.1, 0.15) is 0 Å². The molecule has 1 heterocycles. The van der Waals surface area contributed by atoms with Gasteiger partial charge >= 0.3 is 0 Å². The fraction of sp³-hybridized carbons (Fsp3) is 0.0714. The molecule has 2 aromatic carbocycles. The lowest BCUT2D eigenvalue weighted by molar-refractivity contribution is 1.46. The highest BCUT2D eigenvalue weighted by atomic mass is 32.1. The van der Waals surface area contributed by atoms with Gasteiger partial charge in [-0.2, -0.15) is 0 Å². The molecule has 17 heavy (non-hydrogen) atoms. The number of anilines is 1. The van der Waals surface area contributed by atoms with Crippen LogP contribution in [0.25, 0.3) is 20.8 Å². The lowest BCUT2D eigenvalue weighted by Crippen LogP contribution is -1.86. The number of hydrogen-bond acceptors (Lipinski definition) is 3. The number of rotatable bonds is 2. The van der Waals surface area contributed by atoms with Gasteiger partial charge in [0.15, 0.2) is 0 Å². The van der Waals surface area contributed by atoms with E-state index in [0.29, 0.717) is 0 Å². The van der Waals surface area contributed by atoms with Gasteiger partial charge in [-0.05, 0) is 36.4 Å². The van der Waals surface area contributed by atoms with Crippen LogP contribution < -0.4 is 5.32 Å². The molecule has 0 aliphatic rings. The fourth-order valence-electron chi connectivity index (χ4n) is 1.78. The second-order valence-corrected chi connectivity index (χ2v) is 4.84. The van der Waals surface area contributed by atoms with Crippen LogP contribution in [0.3, 0.4) is 0 Å². The number of para-hydroxylation sites is 1. The Balaban J connectivity index is 2.07. The first-order chi connectivity index (χ1) is 8.36. The van der Waals surface area contributed by atoms with Gasteiger partial charge in [0, 0.05) is 18.3 Å². The third-order valence-corrected chi connectivity index (χ3v) is 3.80. The highest BCUT2D eigenvalue weighted by Crippen LogP contribution is 2.30. The third-order valence-electron chi connectivity index (χ3n) is 2.71. The Morgan fingerprint density at radius 3 is 2.47 bits per heavy atom. The van der Waals surface area contributed by atoms with E-state index in [9.17, 15) is 0 Å². The summed E-state index contributed by atoms with van der Waals surface area (Å²) in [5, 5.41) is 4.19. The van der Waals surface area contributed by atoms with E-state index >= 15 is 0 Å². The van der Waals surface area contributed by atoms with Crippen molar-refractivity contribution in [3.05, 3.63) is 48.5 Å². The molecule has 3 heteroatoms. The second-order valence-electron chi connectivity index (χ2n) is 3.81. The molecule has 0 amide bonds. The van der Waals surface area contributed by atoms with Crippen molar-refractivity contribution in [1.29, 1.82) is 0 Å². The van der Waals surface area contributed by atoms with Crippen LogP contribution >= 0.6 is 11.3 Å². The van der Waals surface area contributed by atoms with Crippen LogP contribution in [-0.4, -0.2) is 12.0 Å². The summed E-state index contributed by atoms with van der Waals surface area (Å²) in [6, 6.07) is 16.6. The van der Waals surface area contributed by atoms with Gasteiger partial charge in [0.2, 0.25) is 0 Å². The van der Waals surface area contributed by atoms with E-state index in [1.165, 1.54) is 10.3 Å². The molecule has 1 aromatic heterocycles. The van der Waals surface area contributed by atoms with Crippen LogP contribution in [0.4, 0.5) is 5.69 Å². The number of benzene rings is 2. The molecule has 0 fully saturated rings. The zero-order valence-electron chi connectivity index (χ0n) is 9.47. The van der Waals surface area contributed by atoms with Crippen molar-refractivity contribution >= 4 is 27.2 Å². The Morgan fingerprint density at radius 2 is 1.76 bits per heavy atom. The lowest BCUT2D eigenvalue weighted by atomic mass is 10.2. The maximum absolute atomic E-state index is 4.64. The van der Waals surface area contributed by atoms with Crippen LogP contribution in [0, 0.1) is 0 Å². The Kier molecular flexibility index (Phi) is 2.53. The zero-order valence-corrected chi connectivity index (χ0v) is 10.3. The number of thiazole rings is 1. The van der Waals surface area contributed by atoms with Crippen LogP contribution in [0.15, 0.2) is 48.5 Å². The van der Waals surface area contributed by atoms with Crippen molar-refractivity contribution in [2.24, 2.45) is 0 Å². The van der Waals surface area contributed by atoms with E-state index in [2.05, 4.69) is 46.7 Å². The topological polar surface area (TPSA) is 24.9 Å². The molecule has 0 aliphatic carbocycles. The van der Waals surface area contributed by atoms with Crippen LogP contribution in [-0.2, 0) is 0 Å². The number of nitrogens with one attached hydrogen (secondary N) is 1. The minimum Gasteiger partial charge on any atom is -0.388 e. The minimum absolute atomic E-state index is 1.07. The molecule has 84 valence electrons. The summed E-state index contributed by atoms with van der Waals surface area (Å²) in [7, 11) is 1.92. The molecule has 0 saturated carbocycles. The molecule has 0 saturated heterocycles. The van der Waals surface area contributed by atoms with E-state index in [1.54, 1.807) is 11.3 Å². The molecule has 0 radical (unpaired) electrons. The van der Waals surface area contributed by atoms with Crippen LogP contribution in [0.5, 0.6) is 0 Å². The summed E-state index contributed by atoms with van der Waals surface area (Å²) in [5.74, 6) is 0. The molecule has 1 N–H and O–H groups in total. The van der Waals surface area contributed by atoms with E-state index in [-0.39, 0.29) is 0 Å². The van der Waals surface area contributed by atoms with E-state index in [1.807, 2.05) is 19.2 Å². The van der Waals surface area contributed by atoms with Gasteiger partial charge in [-0.25, -0.2) is 4.98 Å². The first-order valence-electron chi connectivity index (χ1n) is 5.50. The Labute approximate surface area is 104 Å². The summed E-state index contributed by atoms with van der Waals surface area (Å²) < 4.78 is 1.24. The quantitative estimate of drug-likeness (QED) is 0.731. The summed E-state index contributed by atoms with van der Waals surface area (Å²) in [5.41, 5.74) is 3.37. The average Bonchev–Trinajstić information content (AvgIpc) is 2.82. The predicted molar refractivity (Wildman–Crippen MR) is 74.6 cm³/mol. The lowest BCUT2D eigenvalue weighted by Gasteiger charge is -2.00. The Hall–Kier alpha value is -1.87. The summed E-state index contributed by atoms with van der Waals surface area (Å²) >= 11 is 1.73. The molecular weight excluding hydrogens is 227 g/mol. The van der Waals surface area contributed by atoms with Gasteiger partial charge in [-0.1, -0.05) is 12.1 Å². The van der Waals surface area contributed by atoms with Crippen molar-refractivity contribution in [2.75, 3.05) is 12.4 Å². The third kappa shape index (κ3) is 1.89. The first-order valence-corrected chi connectivity index (χ1v) is 6.32. The zero-order chi connectivity index (χ0) is 11.7. The molecule has 0 aliphatic heterocycles. The molecule has 2 nitrogen and oxygen atoms in total. The van der Waals surface area contributed by atoms with Crippen molar-refractivity contribution in [3.63, 3.8) is 0 Å². The fourth-order valence-corrected chi connectivity index (χ4v) is 2.75. The molecule has 0 atom stereocenters. The molecule has 0 spiro atoms. The van der Waals surface area contributed by atoms with Gasteiger partial charge in [-0.3, -0.25) is 0 Å². The first kappa shape index (κ1) is 10.3. The maximum atomic E-state index is 4.64. The summed E-state index contributed by atoms with van der Waals surface area (Å²) in [4.78, 5) is 4.64. The van der Waals surface area contributed by atoms with E-state index < -0.39 is 0 Å². The van der Waals surface area contributed by atoms with Crippen molar-refractivity contribution in [2.45, 2.75) is 0 Å². The molecular formula is C14H12N2S. The average molecular weight is 239 g/mol. The molecule has 0 bridgehead atoms.